The zero-order valence-electron chi connectivity index (χ0n) is 23.9. The molecule has 1 aliphatic rings. The second kappa shape index (κ2) is 13.0. The summed E-state index contributed by atoms with van der Waals surface area (Å²) in [6.07, 6.45) is 3.85. The highest BCUT2D eigenvalue weighted by molar-refractivity contribution is 7.07. The van der Waals surface area contributed by atoms with Crippen molar-refractivity contribution in [2.24, 2.45) is 4.99 Å². The highest BCUT2D eigenvalue weighted by Crippen LogP contribution is 2.36. The molecule has 1 aromatic heterocycles. The summed E-state index contributed by atoms with van der Waals surface area (Å²) in [5.74, 6) is 1.37. The molecular formula is C31H36N2O6S. The van der Waals surface area contributed by atoms with Crippen LogP contribution in [0, 0.1) is 0 Å². The summed E-state index contributed by atoms with van der Waals surface area (Å²) < 4.78 is 24.7. The predicted octanol–water partition coefficient (Wildman–Crippen LogP) is 4.77. The Morgan fingerprint density at radius 3 is 2.52 bits per heavy atom. The number of thiazole rings is 1. The molecule has 0 amide bonds. The molecule has 3 aromatic rings. The maximum atomic E-state index is 13.9. The van der Waals surface area contributed by atoms with Crippen LogP contribution in [0.5, 0.6) is 17.2 Å². The number of carbonyl (C=O) groups is 1. The summed E-state index contributed by atoms with van der Waals surface area (Å²) in [5, 5.41) is 0. The third-order valence-electron chi connectivity index (χ3n) is 6.33. The number of allylic oxidation sites excluding steroid dienone is 1. The van der Waals surface area contributed by atoms with Crippen LogP contribution in [0.15, 0.2) is 63.5 Å². The lowest BCUT2D eigenvalue weighted by molar-refractivity contribution is -0.139. The van der Waals surface area contributed by atoms with E-state index in [0.29, 0.717) is 44.3 Å². The van der Waals surface area contributed by atoms with Gasteiger partial charge >= 0.3 is 5.97 Å². The van der Waals surface area contributed by atoms with Gasteiger partial charge in [0.15, 0.2) is 16.3 Å². The number of hydrogen-bond acceptors (Lipinski definition) is 8. The Morgan fingerprint density at radius 2 is 1.88 bits per heavy atom. The summed E-state index contributed by atoms with van der Waals surface area (Å²) in [4.78, 5) is 32.2. The first-order valence-electron chi connectivity index (χ1n) is 13.5. The predicted molar refractivity (Wildman–Crippen MR) is 156 cm³/mol. The van der Waals surface area contributed by atoms with Crippen LogP contribution in [0.4, 0.5) is 0 Å². The standard InChI is InChI=1S/C31H36N2O6S/c1-7-9-16-38-23-13-10-21(11-14-23)17-26-29(34)33-28(22-12-15-24(39-19(3)4)25(18-22)36-6)27(30(35)37-8-2)20(5)32-31(33)40-26/h10-15,17-19,28H,7-9,16H2,1-6H3/b26-17-/t28-/m1/s1. The topological polar surface area (TPSA) is 88.3 Å². The van der Waals surface area contributed by atoms with Gasteiger partial charge in [-0.05, 0) is 75.6 Å². The Hall–Kier alpha value is -3.85. The quantitative estimate of drug-likeness (QED) is 0.246. The monoisotopic (exact) mass is 564 g/mol. The first kappa shape index (κ1) is 29.1. The van der Waals surface area contributed by atoms with Crippen LogP contribution < -0.4 is 29.1 Å². The van der Waals surface area contributed by atoms with Crippen molar-refractivity contribution in [3.63, 3.8) is 0 Å². The summed E-state index contributed by atoms with van der Waals surface area (Å²) in [6.45, 7) is 10.4. The highest BCUT2D eigenvalue weighted by Gasteiger charge is 2.34. The SMILES string of the molecule is CCCCOc1ccc(/C=c2\sc3n(c2=O)[C@H](c2ccc(OC(C)C)c(OC)c2)C(C(=O)OCC)=C(C)N=3)cc1. The molecule has 2 aromatic carbocycles. The van der Waals surface area contributed by atoms with Crippen LogP contribution in [0.3, 0.4) is 0 Å². The van der Waals surface area contributed by atoms with Crippen molar-refractivity contribution in [2.75, 3.05) is 20.3 Å². The van der Waals surface area contributed by atoms with Gasteiger partial charge < -0.3 is 18.9 Å². The van der Waals surface area contributed by atoms with Gasteiger partial charge in [-0.2, -0.15) is 0 Å². The summed E-state index contributed by atoms with van der Waals surface area (Å²) in [7, 11) is 1.56. The van der Waals surface area contributed by atoms with Crippen molar-refractivity contribution in [3.05, 3.63) is 84.5 Å². The van der Waals surface area contributed by atoms with E-state index < -0.39 is 12.0 Å². The van der Waals surface area contributed by atoms with Gasteiger partial charge in [0.1, 0.15) is 5.75 Å². The molecule has 4 rings (SSSR count). The van der Waals surface area contributed by atoms with E-state index in [-0.39, 0.29) is 18.3 Å². The molecule has 1 atom stereocenters. The molecule has 0 bridgehead atoms. The van der Waals surface area contributed by atoms with Crippen LogP contribution in [0.1, 0.15) is 64.6 Å². The molecule has 0 N–H and O–H groups in total. The third kappa shape index (κ3) is 6.31. The summed E-state index contributed by atoms with van der Waals surface area (Å²) in [6, 6.07) is 12.3. The zero-order valence-corrected chi connectivity index (χ0v) is 24.7. The number of nitrogens with zero attached hydrogens (tertiary/aromatic N) is 2. The molecule has 2 heterocycles. The van der Waals surface area contributed by atoms with Crippen LogP contribution in [-0.2, 0) is 9.53 Å². The highest BCUT2D eigenvalue weighted by atomic mass is 32.1. The molecule has 212 valence electrons. The zero-order chi connectivity index (χ0) is 28.8. The van der Waals surface area contributed by atoms with E-state index in [2.05, 4.69) is 11.9 Å². The Morgan fingerprint density at radius 1 is 1.12 bits per heavy atom. The number of ether oxygens (including phenoxy) is 4. The maximum Gasteiger partial charge on any atom is 0.338 e. The fourth-order valence-electron chi connectivity index (χ4n) is 4.46. The molecule has 40 heavy (non-hydrogen) atoms. The van der Waals surface area contributed by atoms with Gasteiger partial charge in [0.2, 0.25) is 0 Å². The maximum absolute atomic E-state index is 13.9. The van der Waals surface area contributed by atoms with Gasteiger partial charge in [-0.1, -0.05) is 42.9 Å². The summed E-state index contributed by atoms with van der Waals surface area (Å²) >= 11 is 1.28. The van der Waals surface area contributed by atoms with Gasteiger partial charge in [-0.25, -0.2) is 9.79 Å². The minimum absolute atomic E-state index is 0.0494. The number of methoxy groups -OCH3 is 1. The van der Waals surface area contributed by atoms with Gasteiger partial charge in [-0.15, -0.1) is 0 Å². The van der Waals surface area contributed by atoms with Crippen molar-refractivity contribution in [1.29, 1.82) is 0 Å². The minimum atomic E-state index is -0.742. The molecule has 0 unspecified atom stereocenters. The van der Waals surface area contributed by atoms with E-state index in [9.17, 15) is 9.59 Å². The molecular weight excluding hydrogens is 528 g/mol. The average molecular weight is 565 g/mol. The molecule has 0 saturated carbocycles. The number of rotatable bonds is 11. The van der Waals surface area contributed by atoms with E-state index in [1.54, 1.807) is 37.7 Å². The molecule has 0 fully saturated rings. The number of aromatic nitrogens is 1. The lowest BCUT2D eigenvalue weighted by Crippen LogP contribution is -2.40. The second-order valence-electron chi connectivity index (χ2n) is 9.65. The number of fused-ring (bicyclic) bond motifs is 1. The normalized spacial score (nSPS) is 15.1. The number of unbranched alkanes of at least 4 members (excludes halogenated alkanes) is 1. The minimum Gasteiger partial charge on any atom is -0.494 e. The van der Waals surface area contributed by atoms with Gasteiger partial charge in [0, 0.05) is 0 Å². The Kier molecular flexibility index (Phi) is 9.47. The number of hydrogen-bond donors (Lipinski definition) is 0. The van der Waals surface area contributed by atoms with E-state index in [0.717, 1.165) is 24.2 Å². The fourth-order valence-corrected chi connectivity index (χ4v) is 5.51. The molecule has 0 saturated heterocycles. The molecule has 9 heteroatoms. The molecule has 8 nitrogen and oxygen atoms in total. The van der Waals surface area contributed by atoms with Crippen molar-refractivity contribution in [3.8, 4) is 17.2 Å². The average Bonchev–Trinajstić information content (AvgIpc) is 3.23. The smallest absolute Gasteiger partial charge is 0.338 e. The molecule has 1 aliphatic heterocycles. The van der Waals surface area contributed by atoms with E-state index in [1.165, 1.54) is 11.3 Å². The van der Waals surface area contributed by atoms with Gasteiger partial charge in [0.05, 0.1) is 48.3 Å². The van der Waals surface area contributed by atoms with Gasteiger partial charge in [0.25, 0.3) is 5.56 Å². The number of esters is 1. The van der Waals surface area contributed by atoms with E-state index in [1.807, 2.05) is 50.3 Å². The first-order valence-corrected chi connectivity index (χ1v) is 14.4. The Bertz CT molecular complexity index is 1570. The lowest BCUT2D eigenvalue weighted by Gasteiger charge is -2.25. The number of carbonyl (C=O) groups excluding carboxylic acids is 1. The van der Waals surface area contributed by atoms with Crippen molar-refractivity contribution in [1.82, 2.24) is 4.57 Å². The van der Waals surface area contributed by atoms with E-state index >= 15 is 0 Å². The fraction of sp³-hybridized carbons (Fsp3) is 0.387. The molecule has 0 spiro atoms. The Labute approximate surface area is 238 Å². The van der Waals surface area contributed by atoms with Crippen molar-refractivity contribution in [2.45, 2.75) is 59.6 Å². The van der Waals surface area contributed by atoms with Gasteiger partial charge in [-0.3, -0.25) is 9.36 Å². The first-order chi connectivity index (χ1) is 19.3. The summed E-state index contributed by atoms with van der Waals surface area (Å²) in [5.41, 5.74) is 2.13. The third-order valence-corrected chi connectivity index (χ3v) is 7.31. The Balaban J connectivity index is 1.82. The largest absolute Gasteiger partial charge is 0.494 e. The van der Waals surface area contributed by atoms with Crippen LogP contribution >= 0.6 is 11.3 Å². The van der Waals surface area contributed by atoms with Crippen molar-refractivity contribution >= 4 is 23.4 Å². The van der Waals surface area contributed by atoms with Crippen LogP contribution in [0.2, 0.25) is 0 Å². The molecule has 0 aliphatic carbocycles. The van der Waals surface area contributed by atoms with Crippen LogP contribution in [-0.4, -0.2) is 37.0 Å². The van der Waals surface area contributed by atoms with E-state index in [4.69, 9.17) is 18.9 Å². The number of benzene rings is 2. The van der Waals surface area contributed by atoms with Crippen molar-refractivity contribution < 1.29 is 23.7 Å². The second-order valence-corrected chi connectivity index (χ2v) is 10.7. The molecule has 0 radical (unpaired) electrons. The van der Waals surface area contributed by atoms with Crippen LogP contribution in [0.25, 0.3) is 6.08 Å². The lowest BCUT2D eigenvalue weighted by atomic mass is 9.95.